The molecule has 0 saturated carbocycles. The van der Waals surface area contributed by atoms with Crippen molar-refractivity contribution >= 4 is 18.6 Å². The zero-order chi connectivity index (χ0) is 5.70. The number of esters is 1. The number of ether oxygens (including phenoxy) is 1. The molecule has 0 aliphatic heterocycles. The zero-order valence-electron chi connectivity index (χ0n) is 5.18. The summed E-state index contributed by atoms with van der Waals surface area (Å²) in [7, 11) is 0. The van der Waals surface area contributed by atoms with Crippen molar-refractivity contribution < 1.29 is 39.1 Å². The van der Waals surface area contributed by atoms with Crippen LogP contribution in [0.2, 0.25) is 0 Å². The van der Waals surface area contributed by atoms with Gasteiger partial charge in [0.1, 0.15) is 0 Å². The molecular weight excluding hydrogens is 135 g/mol. The smallest absolute Gasteiger partial charge is 0.465 e. The molecule has 0 bridgehead atoms. The van der Waals surface area contributed by atoms with Gasteiger partial charge < -0.3 is 4.74 Å². The third kappa shape index (κ3) is 6.82. The van der Waals surface area contributed by atoms with Crippen LogP contribution in [0.3, 0.4) is 0 Å². The molecule has 0 heterocycles. The molecule has 0 aromatic rings. The van der Waals surface area contributed by atoms with Crippen molar-refractivity contribution in [3.63, 3.8) is 0 Å². The van der Waals surface area contributed by atoms with Crippen LogP contribution in [-0.2, 0) is 9.53 Å². The van der Waals surface area contributed by atoms with Crippen LogP contribution < -0.4 is 29.6 Å². The standard InChI is InChI=1S/C4H8O2S.Na/c1-2-6-4(5)3-7;/h7H,2-3H2,1H3;/q;+1. The third-order valence-corrected chi connectivity index (χ3v) is 0.693. The minimum absolute atomic E-state index is 0. The van der Waals surface area contributed by atoms with Crippen LogP contribution in [0.15, 0.2) is 0 Å². The van der Waals surface area contributed by atoms with E-state index in [1.807, 2.05) is 0 Å². The Kier molecular flexibility index (Phi) is 11.3. The Labute approximate surface area is 76.7 Å². The van der Waals surface area contributed by atoms with Gasteiger partial charge in [0.05, 0.1) is 12.4 Å². The summed E-state index contributed by atoms with van der Waals surface area (Å²) >= 11 is 3.67. The van der Waals surface area contributed by atoms with Gasteiger partial charge in [0.15, 0.2) is 0 Å². The maximum atomic E-state index is 10.1. The monoisotopic (exact) mass is 143 g/mol. The topological polar surface area (TPSA) is 26.3 Å². The molecule has 0 fully saturated rings. The molecule has 0 N–H and O–H groups in total. The molecule has 0 saturated heterocycles. The van der Waals surface area contributed by atoms with Gasteiger partial charge in [-0.05, 0) is 6.92 Å². The molecule has 4 heteroatoms. The molecule has 8 heavy (non-hydrogen) atoms. The summed E-state index contributed by atoms with van der Waals surface area (Å²) in [4.78, 5) is 10.1. The minimum atomic E-state index is -0.258. The largest absolute Gasteiger partial charge is 1.00 e. The molecule has 0 radical (unpaired) electrons. The summed E-state index contributed by atoms with van der Waals surface area (Å²) in [6, 6.07) is 0. The normalized spacial score (nSPS) is 7.25. The first-order chi connectivity index (χ1) is 3.31. The average Bonchev–Trinajstić information content (AvgIpc) is 1.68. The summed E-state index contributed by atoms with van der Waals surface area (Å²) in [6.07, 6.45) is 0. The Bertz CT molecular complexity index is 67.1. The van der Waals surface area contributed by atoms with E-state index in [1.54, 1.807) is 6.92 Å². The number of carbonyl (C=O) groups excluding carboxylic acids is 1. The first-order valence-corrected chi connectivity index (χ1v) is 2.71. The maximum absolute atomic E-state index is 10.1. The van der Waals surface area contributed by atoms with E-state index in [2.05, 4.69) is 17.4 Å². The van der Waals surface area contributed by atoms with Gasteiger partial charge in [0.25, 0.3) is 0 Å². The molecule has 0 unspecified atom stereocenters. The van der Waals surface area contributed by atoms with Crippen LogP contribution in [0.1, 0.15) is 6.92 Å². The van der Waals surface area contributed by atoms with Gasteiger partial charge >= 0.3 is 35.5 Å². The van der Waals surface area contributed by atoms with Gasteiger partial charge in [0.2, 0.25) is 0 Å². The molecule has 0 spiro atoms. The van der Waals surface area contributed by atoms with Crippen LogP contribution in [-0.4, -0.2) is 18.3 Å². The molecular formula is C4H8NaO2S+. The first-order valence-electron chi connectivity index (χ1n) is 2.07. The number of hydrogen-bond donors (Lipinski definition) is 1. The van der Waals surface area contributed by atoms with Crippen LogP contribution in [0.4, 0.5) is 0 Å². The molecule has 0 aromatic carbocycles. The van der Waals surface area contributed by atoms with Crippen molar-refractivity contribution in [2.24, 2.45) is 0 Å². The van der Waals surface area contributed by atoms with Gasteiger partial charge in [-0.2, -0.15) is 12.6 Å². The molecule has 42 valence electrons. The maximum Gasteiger partial charge on any atom is 1.00 e. The number of carbonyl (C=O) groups is 1. The molecule has 0 amide bonds. The summed E-state index contributed by atoms with van der Waals surface area (Å²) in [6.45, 7) is 2.21. The first kappa shape index (κ1) is 11.6. The molecule has 0 aromatic heterocycles. The van der Waals surface area contributed by atoms with Gasteiger partial charge in [-0.15, -0.1) is 0 Å². The minimum Gasteiger partial charge on any atom is -0.465 e. The Morgan fingerprint density at radius 2 is 2.25 bits per heavy atom. The van der Waals surface area contributed by atoms with Crippen molar-refractivity contribution in [1.29, 1.82) is 0 Å². The predicted molar refractivity (Wildman–Crippen MR) is 30.5 cm³/mol. The Balaban J connectivity index is 0. The second-order valence-electron chi connectivity index (χ2n) is 0.963. The second-order valence-corrected chi connectivity index (χ2v) is 1.28. The van der Waals surface area contributed by atoms with Crippen LogP contribution in [0.25, 0.3) is 0 Å². The fourth-order valence-electron chi connectivity index (χ4n) is 0.207. The molecule has 0 aliphatic carbocycles. The number of rotatable bonds is 2. The van der Waals surface area contributed by atoms with Gasteiger partial charge in [-0.3, -0.25) is 4.79 Å². The Morgan fingerprint density at radius 1 is 1.75 bits per heavy atom. The van der Waals surface area contributed by atoms with E-state index in [0.29, 0.717) is 6.61 Å². The van der Waals surface area contributed by atoms with E-state index in [1.165, 1.54) is 0 Å². The van der Waals surface area contributed by atoms with E-state index in [4.69, 9.17) is 0 Å². The van der Waals surface area contributed by atoms with Crippen LogP contribution in [0.5, 0.6) is 0 Å². The zero-order valence-corrected chi connectivity index (χ0v) is 8.07. The van der Waals surface area contributed by atoms with Crippen molar-refractivity contribution in [1.82, 2.24) is 0 Å². The van der Waals surface area contributed by atoms with Crippen LogP contribution in [0, 0.1) is 0 Å². The van der Waals surface area contributed by atoms with Crippen molar-refractivity contribution in [2.75, 3.05) is 12.4 Å². The average molecular weight is 143 g/mol. The van der Waals surface area contributed by atoms with Gasteiger partial charge in [0, 0.05) is 0 Å². The summed E-state index contributed by atoms with van der Waals surface area (Å²) < 4.78 is 4.48. The fraction of sp³-hybridized carbons (Fsp3) is 0.750. The van der Waals surface area contributed by atoms with E-state index < -0.39 is 0 Å². The fourth-order valence-corrected chi connectivity index (χ4v) is 0.298. The molecule has 2 nitrogen and oxygen atoms in total. The molecule has 0 aliphatic rings. The SMILES string of the molecule is CCOC(=O)CS.[Na+]. The van der Waals surface area contributed by atoms with E-state index in [9.17, 15) is 4.79 Å². The Morgan fingerprint density at radius 3 is 2.38 bits per heavy atom. The summed E-state index contributed by atoms with van der Waals surface area (Å²) in [5, 5.41) is 0. The van der Waals surface area contributed by atoms with Crippen LogP contribution >= 0.6 is 12.6 Å². The number of hydrogen-bond acceptors (Lipinski definition) is 3. The van der Waals surface area contributed by atoms with Crippen molar-refractivity contribution in [3.8, 4) is 0 Å². The van der Waals surface area contributed by atoms with Crippen molar-refractivity contribution in [3.05, 3.63) is 0 Å². The molecule has 0 rings (SSSR count). The van der Waals surface area contributed by atoms with E-state index in [-0.39, 0.29) is 41.3 Å². The Hall–Kier alpha value is 0.820. The van der Waals surface area contributed by atoms with E-state index >= 15 is 0 Å². The summed E-state index contributed by atoms with van der Waals surface area (Å²) in [5.41, 5.74) is 0. The molecule has 0 atom stereocenters. The van der Waals surface area contributed by atoms with Gasteiger partial charge in [-0.1, -0.05) is 0 Å². The second kappa shape index (κ2) is 7.82. The predicted octanol–water partition coefficient (Wildman–Crippen LogP) is -2.52. The number of thiol groups is 1. The van der Waals surface area contributed by atoms with Crippen molar-refractivity contribution in [2.45, 2.75) is 6.92 Å². The third-order valence-electron chi connectivity index (χ3n) is 0.434. The summed E-state index contributed by atoms with van der Waals surface area (Å²) in [5.74, 6) is -0.0840. The quantitative estimate of drug-likeness (QED) is 0.262. The van der Waals surface area contributed by atoms with E-state index in [0.717, 1.165) is 0 Å². The van der Waals surface area contributed by atoms with Gasteiger partial charge in [-0.25, -0.2) is 0 Å².